The van der Waals surface area contributed by atoms with Gasteiger partial charge in [0.15, 0.2) is 10.6 Å². The Morgan fingerprint density at radius 2 is 1.75 bits per heavy atom. The molecule has 1 saturated heterocycles. The van der Waals surface area contributed by atoms with Gasteiger partial charge in [0, 0.05) is 42.7 Å². The number of nitrogens with zero attached hydrogens (tertiary/aromatic N) is 4. The van der Waals surface area contributed by atoms with Crippen molar-refractivity contribution in [3.05, 3.63) is 34.1 Å². The highest BCUT2D eigenvalue weighted by Gasteiger charge is 2.20. The summed E-state index contributed by atoms with van der Waals surface area (Å²) in [6.07, 6.45) is 7.02. The number of benzene rings is 1. The largest absolute Gasteiger partial charge is 0.353 e. The molecule has 0 atom stereocenters. The summed E-state index contributed by atoms with van der Waals surface area (Å²) in [4.78, 5) is 15.1. The second kappa shape index (κ2) is 12.5. The van der Waals surface area contributed by atoms with Crippen LogP contribution in [0.1, 0.15) is 58.8 Å². The van der Waals surface area contributed by atoms with Crippen molar-refractivity contribution in [3.8, 4) is 11.4 Å². The number of likely N-dealkylation sites (tertiary alicyclic amines) is 1. The van der Waals surface area contributed by atoms with Gasteiger partial charge in [0.1, 0.15) is 0 Å². The fourth-order valence-electron chi connectivity index (χ4n) is 4.11. The van der Waals surface area contributed by atoms with Crippen LogP contribution in [0.25, 0.3) is 11.4 Å². The molecule has 0 saturated carbocycles. The molecule has 32 heavy (non-hydrogen) atoms. The first kappa shape index (κ1) is 24.9. The molecule has 0 bridgehead atoms. The summed E-state index contributed by atoms with van der Waals surface area (Å²) in [5, 5.41) is 8.68. The lowest BCUT2D eigenvalue weighted by Gasteiger charge is -2.32. The lowest BCUT2D eigenvalue weighted by Crippen LogP contribution is -2.45. The Labute approximate surface area is 201 Å². The molecule has 1 amide bonds. The number of nitrogens with one attached hydrogen (secondary N) is 1. The summed E-state index contributed by atoms with van der Waals surface area (Å²) in [6, 6.07) is 7.94. The summed E-state index contributed by atoms with van der Waals surface area (Å²) in [5.74, 6) is 0.912. The van der Waals surface area contributed by atoms with Crippen molar-refractivity contribution >= 4 is 29.7 Å². The van der Waals surface area contributed by atoms with Gasteiger partial charge in [0.2, 0.25) is 5.91 Å². The number of rotatable bonds is 11. The molecule has 1 aliphatic rings. The van der Waals surface area contributed by atoms with Crippen LogP contribution in [0.4, 0.5) is 0 Å². The van der Waals surface area contributed by atoms with Crippen LogP contribution >= 0.6 is 23.8 Å². The van der Waals surface area contributed by atoms with Gasteiger partial charge >= 0.3 is 0 Å². The van der Waals surface area contributed by atoms with Gasteiger partial charge in [-0.2, -0.15) is 5.10 Å². The first-order valence-corrected chi connectivity index (χ1v) is 12.8. The molecule has 0 radical (unpaired) electrons. The minimum absolute atomic E-state index is 0.0788. The van der Waals surface area contributed by atoms with Crippen molar-refractivity contribution in [1.29, 1.82) is 0 Å². The Hall–Kier alpha value is -1.70. The number of aryl methyl sites for hydroxylation is 1. The molecule has 2 aromatic rings. The van der Waals surface area contributed by atoms with Crippen molar-refractivity contribution < 1.29 is 4.79 Å². The molecular weight excluding hydrogens is 442 g/mol. The van der Waals surface area contributed by atoms with Crippen molar-refractivity contribution in [1.82, 2.24) is 24.6 Å². The van der Waals surface area contributed by atoms with Gasteiger partial charge in [-0.3, -0.25) is 9.36 Å². The minimum atomic E-state index is 0.0788. The summed E-state index contributed by atoms with van der Waals surface area (Å²) in [7, 11) is 0. The van der Waals surface area contributed by atoms with Gasteiger partial charge in [-0.1, -0.05) is 38.3 Å². The number of carbonyl (C=O) groups excluding carboxylic acids is 1. The van der Waals surface area contributed by atoms with Crippen LogP contribution in [0, 0.1) is 4.77 Å². The topological polar surface area (TPSA) is 55.1 Å². The molecular formula is C24H36ClN5OS. The maximum Gasteiger partial charge on any atom is 0.222 e. The summed E-state index contributed by atoms with van der Waals surface area (Å²) in [6.45, 7) is 9.01. The molecule has 1 aliphatic heterocycles. The Morgan fingerprint density at radius 1 is 1.09 bits per heavy atom. The van der Waals surface area contributed by atoms with E-state index in [9.17, 15) is 4.79 Å². The smallest absolute Gasteiger partial charge is 0.222 e. The van der Waals surface area contributed by atoms with E-state index < -0.39 is 0 Å². The van der Waals surface area contributed by atoms with Gasteiger partial charge < -0.3 is 10.2 Å². The van der Waals surface area contributed by atoms with Crippen LogP contribution in [0.3, 0.4) is 0 Å². The molecule has 0 aliphatic carbocycles. The fourth-order valence-corrected chi connectivity index (χ4v) is 4.54. The first-order chi connectivity index (χ1) is 15.5. The summed E-state index contributed by atoms with van der Waals surface area (Å²) >= 11 is 11.8. The average Bonchev–Trinajstić information content (AvgIpc) is 3.11. The number of amides is 1. The van der Waals surface area contributed by atoms with Crippen LogP contribution in [-0.4, -0.2) is 50.8 Å². The Bertz CT molecular complexity index is 915. The Kier molecular flexibility index (Phi) is 9.75. The Morgan fingerprint density at radius 3 is 2.41 bits per heavy atom. The van der Waals surface area contributed by atoms with Gasteiger partial charge in [-0.25, -0.2) is 4.68 Å². The van der Waals surface area contributed by atoms with Gasteiger partial charge in [-0.15, -0.1) is 0 Å². The van der Waals surface area contributed by atoms with E-state index >= 15 is 0 Å². The maximum absolute atomic E-state index is 12.6. The number of unbranched alkanes of at least 4 members (excludes halogenated alkanes) is 2. The van der Waals surface area contributed by atoms with Crippen molar-refractivity contribution in [2.24, 2.45) is 0 Å². The lowest BCUT2D eigenvalue weighted by molar-refractivity contribution is -0.122. The van der Waals surface area contributed by atoms with E-state index in [1.807, 2.05) is 24.3 Å². The number of halogens is 1. The van der Waals surface area contributed by atoms with E-state index in [4.69, 9.17) is 28.9 Å². The van der Waals surface area contributed by atoms with E-state index in [1.54, 1.807) is 4.68 Å². The molecule has 2 heterocycles. The van der Waals surface area contributed by atoms with Crippen LogP contribution in [0.2, 0.25) is 5.02 Å². The number of carbonyl (C=O) groups is 1. The molecule has 0 unspecified atom stereocenters. The van der Waals surface area contributed by atoms with Crippen LogP contribution in [0.5, 0.6) is 0 Å². The monoisotopic (exact) mass is 477 g/mol. The van der Waals surface area contributed by atoms with E-state index in [1.165, 1.54) is 19.4 Å². The highest BCUT2D eigenvalue weighted by molar-refractivity contribution is 7.71. The standard InChI is InChI=1S/C24H36ClN5OS/c1-3-5-14-28-16-11-21(12-17-28)26-22(31)13-18-30-24(32)29(15-6-4-2)23(27-30)19-7-9-20(25)10-8-19/h7-10,21H,3-6,11-18H2,1-2H3,(H,26,31). The molecule has 176 valence electrons. The van der Waals surface area contributed by atoms with E-state index in [0.29, 0.717) is 22.8 Å². The summed E-state index contributed by atoms with van der Waals surface area (Å²) in [5.41, 5.74) is 0.981. The third kappa shape index (κ3) is 6.90. The second-order valence-electron chi connectivity index (χ2n) is 8.63. The second-order valence-corrected chi connectivity index (χ2v) is 9.43. The highest BCUT2D eigenvalue weighted by atomic mass is 35.5. The maximum atomic E-state index is 12.6. The molecule has 6 nitrogen and oxygen atoms in total. The molecule has 1 N–H and O–H groups in total. The zero-order valence-electron chi connectivity index (χ0n) is 19.4. The number of hydrogen-bond acceptors (Lipinski definition) is 4. The average molecular weight is 478 g/mol. The normalized spacial score (nSPS) is 15.2. The third-order valence-electron chi connectivity index (χ3n) is 6.09. The quantitative estimate of drug-likeness (QED) is 0.446. The lowest BCUT2D eigenvalue weighted by atomic mass is 10.0. The van der Waals surface area contributed by atoms with Gasteiger partial charge in [-0.05, 0) is 68.7 Å². The van der Waals surface area contributed by atoms with E-state index in [0.717, 1.165) is 56.7 Å². The summed E-state index contributed by atoms with van der Waals surface area (Å²) < 4.78 is 4.54. The van der Waals surface area contributed by atoms with Crippen molar-refractivity contribution in [3.63, 3.8) is 0 Å². The Balaban J connectivity index is 1.59. The first-order valence-electron chi connectivity index (χ1n) is 12.0. The molecule has 8 heteroatoms. The zero-order chi connectivity index (χ0) is 22.9. The highest BCUT2D eigenvalue weighted by Crippen LogP contribution is 2.22. The van der Waals surface area contributed by atoms with Crippen LogP contribution in [-0.2, 0) is 17.9 Å². The molecule has 3 rings (SSSR count). The van der Waals surface area contributed by atoms with Crippen LogP contribution < -0.4 is 5.32 Å². The third-order valence-corrected chi connectivity index (χ3v) is 6.77. The predicted octanol–water partition coefficient (Wildman–Crippen LogP) is 5.31. The van der Waals surface area contributed by atoms with Crippen molar-refractivity contribution in [2.75, 3.05) is 19.6 Å². The van der Waals surface area contributed by atoms with E-state index in [2.05, 4.69) is 28.6 Å². The van der Waals surface area contributed by atoms with Crippen molar-refractivity contribution in [2.45, 2.75) is 77.9 Å². The fraction of sp³-hybridized carbons (Fsp3) is 0.625. The van der Waals surface area contributed by atoms with Gasteiger partial charge in [0.05, 0.1) is 6.54 Å². The number of piperidine rings is 1. The number of hydrogen-bond donors (Lipinski definition) is 1. The van der Waals surface area contributed by atoms with Gasteiger partial charge in [0.25, 0.3) is 0 Å². The molecule has 1 aromatic carbocycles. The molecule has 1 aromatic heterocycles. The predicted molar refractivity (Wildman–Crippen MR) is 134 cm³/mol. The number of aromatic nitrogens is 3. The zero-order valence-corrected chi connectivity index (χ0v) is 20.9. The molecule has 1 fully saturated rings. The SMILES string of the molecule is CCCCN1CCC(NC(=O)CCn2nc(-c3ccc(Cl)cc3)n(CCCC)c2=S)CC1. The minimum Gasteiger partial charge on any atom is -0.353 e. The van der Waals surface area contributed by atoms with E-state index in [-0.39, 0.29) is 11.9 Å². The molecule has 0 spiro atoms. The van der Waals surface area contributed by atoms with Crippen LogP contribution in [0.15, 0.2) is 24.3 Å².